The van der Waals surface area contributed by atoms with Crippen LogP contribution in [0.2, 0.25) is 0 Å². The van der Waals surface area contributed by atoms with Gasteiger partial charge in [-0.05, 0) is 24.5 Å². The average molecular weight is 315 g/mol. The Hall–Kier alpha value is -2.01. The lowest BCUT2D eigenvalue weighted by Gasteiger charge is -2.30. The summed E-state index contributed by atoms with van der Waals surface area (Å²) in [6, 6.07) is 6.86. The smallest absolute Gasteiger partial charge is 0.156 e. The van der Waals surface area contributed by atoms with Crippen molar-refractivity contribution < 1.29 is 4.39 Å². The molecule has 22 heavy (non-hydrogen) atoms. The molecule has 0 aliphatic carbocycles. The summed E-state index contributed by atoms with van der Waals surface area (Å²) in [5.74, 6) is 0.495. The maximum atomic E-state index is 14.4. The number of allylic oxidation sites excluding steroid dienone is 2. The van der Waals surface area contributed by atoms with E-state index in [1.807, 2.05) is 25.3 Å². The largest absolute Gasteiger partial charge is 0.342 e. The van der Waals surface area contributed by atoms with Crippen molar-refractivity contribution in [1.82, 2.24) is 10.2 Å². The second-order valence-corrected chi connectivity index (χ2v) is 6.27. The van der Waals surface area contributed by atoms with Crippen molar-refractivity contribution in [1.29, 1.82) is 0 Å². The summed E-state index contributed by atoms with van der Waals surface area (Å²) in [6.45, 7) is 6.09. The van der Waals surface area contributed by atoms with Crippen LogP contribution < -0.4 is 5.32 Å². The molecule has 114 valence electrons. The van der Waals surface area contributed by atoms with Gasteiger partial charge in [-0.1, -0.05) is 44.3 Å². The normalized spacial score (nSPS) is 17.4. The van der Waals surface area contributed by atoms with Crippen molar-refractivity contribution in [3.05, 3.63) is 58.7 Å². The van der Waals surface area contributed by atoms with Crippen molar-refractivity contribution in [2.45, 2.75) is 26.7 Å². The first-order chi connectivity index (χ1) is 10.5. The Bertz CT molecular complexity index is 761. The zero-order valence-corrected chi connectivity index (χ0v) is 13.6. The van der Waals surface area contributed by atoms with Gasteiger partial charge >= 0.3 is 0 Å². The van der Waals surface area contributed by atoms with Crippen LogP contribution in [0.25, 0.3) is 0 Å². The molecule has 0 bridgehead atoms. The highest BCUT2D eigenvalue weighted by atomic mass is 32.1. The van der Waals surface area contributed by atoms with E-state index in [0.717, 1.165) is 27.5 Å². The molecule has 2 aromatic rings. The first-order valence-electron chi connectivity index (χ1n) is 7.30. The molecule has 0 saturated carbocycles. The van der Waals surface area contributed by atoms with E-state index >= 15 is 0 Å². The van der Waals surface area contributed by atoms with Gasteiger partial charge in [-0.2, -0.15) is 5.10 Å². The van der Waals surface area contributed by atoms with Gasteiger partial charge in [0, 0.05) is 33.8 Å². The molecule has 0 radical (unpaired) electrons. The first-order valence-corrected chi connectivity index (χ1v) is 7.71. The van der Waals surface area contributed by atoms with E-state index in [4.69, 9.17) is 12.2 Å². The first kappa shape index (κ1) is 14.9. The Labute approximate surface area is 134 Å². The number of aromatic amines is 1. The second-order valence-electron chi connectivity index (χ2n) is 5.83. The molecule has 0 saturated heterocycles. The number of aromatic nitrogens is 2. The third kappa shape index (κ3) is 2.35. The Morgan fingerprint density at radius 3 is 2.68 bits per heavy atom. The quantitative estimate of drug-likeness (QED) is 0.825. The summed E-state index contributed by atoms with van der Waals surface area (Å²) in [6.07, 6.45) is 1.81. The van der Waals surface area contributed by atoms with Crippen molar-refractivity contribution in [2.75, 3.05) is 5.32 Å². The minimum Gasteiger partial charge on any atom is -0.342 e. The van der Waals surface area contributed by atoms with Crippen molar-refractivity contribution in [2.24, 2.45) is 5.92 Å². The van der Waals surface area contributed by atoms with Gasteiger partial charge in [-0.15, -0.1) is 0 Å². The van der Waals surface area contributed by atoms with Crippen LogP contribution >= 0.6 is 12.2 Å². The molecule has 1 aliphatic rings. The fraction of sp³-hybridized carbons (Fsp3) is 0.294. The van der Waals surface area contributed by atoms with E-state index in [0.29, 0.717) is 5.56 Å². The maximum absolute atomic E-state index is 14.4. The molecule has 0 amide bonds. The number of hydrogen-bond acceptors (Lipinski definition) is 3. The third-order valence-corrected chi connectivity index (χ3v) is 4.68. The zero-order chi connectivity index (χ0) is 15.9. The summed E-state index contributed by atoms with van der Waals surface area (Å²) in [5, 5.41) is 10.4. The number of thiocarbonyl (C=S) groups is 1. The summed E-state index contributed by atoms with van der Waals surface area (Å²) in [7, 11) is 0. The van der Waals surface area contributed by atoms with Crippen LogP contribution in [0.1, 0.15) is 37.8 Å². The standard InChI is InChI=1S/C17H18FN3S/c1-9(2)16(22)14-10(3)20-17-12(8-19-21-17)15(14)11-6-4-5-7-13(11)18/h4-9,15H,1-3H3,(H2,19,20,21). The number of anilines is 1. The number of hydrogen-bond donors (Lipinski definition) is 2. The van der Waals surface area contributed by atoms with Gasteiger partial charge in [-0.3, -0.25) is 5.10 Å². The van der Waals surface area contributed by atoms with Gasteiger partial charge in [0.25, 0.3) is 0 Å². The highest BCUT2D eigenvalue weighted by molar-refractivity contribution is 7.80. The Balaban J connectivity index is 2.22. The number of nitrogens with zero attached hydrogens (tertiary/aromatic N) is 1. The molecular formula is C17H18FN3S. The monoisotopic (exact) mass is 315 g/mol. The van der Waals surface area contributed by atoms with Gasteiger partial charge in [0.1, 0.15) is 5.82 Å². The molecule has 1 unspecified atom stereocenters. The molecule has 2 N–H and O–H groups in total. The average Bonchev–Trinajstić information content (AvgIpc) is 2.93. The predicted octanol–water partition coefficient (Wildman–Crippen LogP) is 4.41. The van der Waals surface area contributed by atoms with Crippen LogP contribution in [0.4, 0.5) is 10.2 Å². The maximum Gasteiger partial charge on any atom is 0.156 e. The Morgan fingerprint density at radius 2 is 2.00 bits per heavy atom. The highest BCUT2D eigenvalue weighted by Gasteiger charge is 2.33. The van der Waals surface area contributed by atoms with E-state index in [2.05, 4.69) is 29.4 Å². The number of nitrogens with one attached hydrogen (secondary N) is 2. The highest BCUT2D eigenvalue weighted by Crippen LogP contribution is 2.42. The Kier molecular flexibility index (Phi) is 3.83. The summed E-state index contributed by atoms with van der Waals surface area (Å²) in [4.78, 5) is 0.852. The van der Waals surface area contributed by atoms with Crippen LogP contribution in [-0.2, 0) is 0 Å². The SMILES string of the molecule is CC1=C(C(=S)C(C)C)C(c2ccccc2F)c2c[nH]nc2N1. The predicted molar refractivity (Wildman–Crippen MR) is 90.6 cm³/mol. The lowest BCUT2D eigenvalue weighted by atomic mass is 9.79. The fourth-order valence-electron chi connectivity index (χ4n) is 2.91. The Morgan fingerprint density at radius 1 is 1.27 bits per heavy atom. The molecule has 1 aromatic heterocycles. The van der Waals surface area contributed by atoms with Gasteiger partial charge in [0.15, 0.2) is 5.82 Å². The summed E-state index contributed by atoms with van der Waals surface area (Å²) in [5.41, 5.74) is 3.47. The van der Waals surface area contributed by atoms with E-state index in [-0.39, 0.29) is 17.7 Å². The topological polar surface area (TPSA) is 40.7 Å². The van der Waals surface area contributed by atoms with E-state index < -0.39 is 0 Å². The molecule has 0 spiro atoms. The minimum absolute atomic E-state index is 0.212. The van der Waals surface area contributed by atoms with E-state index in [1.54, 1.807) is 6.07 Å². The zero-order valence-electron chi connectivity index (χ0n) is 12.8. The molecule has 1 aliphatic heterocycles. The molecule has 3 rings (SSSR count). The molecule has 5 heteroatoms. The molecule has 1 atom stereocenters. The van der Waals surface area contributed by atoms with Crippen molar-refractivity contribution in [3.8, 4) is 0 Å². The number of halogens is 1. The van der Waals surface area contributed by atoms with Crippen LogP contribution in [0.3, 0.4) is 0 Å². The summed E-state index contributed by atoms with van der Waals surface area (Å²) >= 11 is 5.65. The van der Waals surface area contributed by atoms with E-state index in [9.17, 15) is 4.39 Å². The van der Waals surface area contributed by atoms with Crippen LogP contribution in [0.5, 0.6) is 0 Å². The van der Waals surface area contributed by atoms with Gasteiger partial charge in [-0.25, -0.2) is 4.39 Å². The molecule has 3 nitrogen and oxygen atoms in total. The third-order valence-electron chi connectivity index (χ3n) is 3.99. The van der Waals surface area contributed by atoms with Crippen LogP contribution in [0, 0.1) is 11.7 Å². The van der Waals surface area contributed by atoms with Crippen molar-refractivity contribution in [3.63, 3.8) is 0 Å². The lowest BCUT2D eigenvalue weighted by molar-refractivity contribution is 0.606. The molecule has 0 fully saturated rings. The molecule has 1 aromatic carbocycles. The number of benzene rings is 1. The number of H-pyrrole nitrogens is 1. The molecule has 2 heterocycles. The van der Waals surface area contributed by atoms with E-state index in [1.165, 1.54) is 6.07 Å². The van der Waals surface area contributed by atoms with Gasteiger partial charge in [0.2, 0.25) is 0 Å². The summed E-state index contributed by atoms with van der Waals surface area (Å²) < 4.78 is 14.4. The number of fused-ring (bicyclic) bond motifs is 1. The molecular weight excluding hydrogens is 297 g/mol. The van der Waals surface area contributed by atoms with Crippen molar-refractivity contribution >= 4 is 22.9 Å². The van der Waals surface area contributed by atoms with Gasteiger partial charge in [0.05, 0.1) is 0 Å². The number of rotatable bonds is 3. The fourth-order valence-corrected chi connectivity index (χ4v) is 3.18. The van der Waals surface area contributed by atoms with Crippen LogP contribution in [0.15, 0.2) is 41.7 Å². The lowest BCUT2D eigenvalue weighted by Crippen LogP contribution is -2.24. The van der Waals surface area contributed by atoms with Gasteiger partial charge < -0.3 is 5.32 Å². The minimum atomic E-state index is -0.230. The van der Waals surface area contributed by atoms with Crippen LogP contribution in [-0.4, -0.2) is 15.1 Å². The second kappa shape index (κ2) is 5.65.